The van der Waals surface area contributed by atoms with Crippen molar-refractivity contribution < 1.29 is 58.6 Å². The zero-order chi connectivity index (χ0) is 107. The minimum Gasteiger partial charge on any atom is -0.437 e. The molecule has 15 heterocycles. The van der Waals surface area contributed by atoms with Crippen LogP contribution in [0.4, 0.5) is 0 Å². The molecule has 15 nitrogen and oxygen atoms in total. The minimum atomic E-state index is -2.43. The van der Waals surface area contributed by atoms with Crippen LogP contribution in [0, 0.1) is 41.5 Å². The van der Waals surface area contributed by atoms with Crippen LogP contribution in [0.2, 0.25) is 0 Å². The molecule has 0 saturated heterocycles. The highest BCUT2D eigenvalue weighted by atomic mass is 16.4. The van der Waals surface area contributed by atoms with Gasteiger partial charge in [-0.25, -0.2) is 47.8 Å². The second kappa shape index (κ2) is 37.2. The van der Waals surface area contributed by atoms with Crippen LogP contribution in [0.3, 0.4) is 0 Å². The fourth-order valence-corrected chi connectivity index (χ4v) is 22.6. The summed E-state index contributed by atoms with van der Waals surface area (Å²) in [5, 5.41) is 22.2. The molecule has 2 aliphatic rings. The Morgan fingerprint density at radius 1 is 0.287 bits per heavy atom. The molecular formula is C128H117N10O5+5. The van der Waals surface area contributed by atoms with Crippen molar-refractivity contribution in [3.8, 4) is 56.3 Å². The Labute approximate surface area is 845 Å². The van der Waals surface area contributed by atoms with E-state index in [4.69, 9.17) is 34.4 Å². The Bertz CT molecular complexity index is 9710. The molecule has 2 fully saturated rings. The maximum atomic E-state index is 9.18. The van der Waals surface area contributed by atoms with Gasteiger partial charge in [-0.05, 0) is 262 Å². The minimum absolute atomic E-state index is 0.310. The summed E-state index contributed by atoms with van der Waals surface area (Å²) >= 11 is 0. The van der Waals surface area contributed by atoms with Gasteiger partial charge in [-0.2, -0.15) is 0 Å². The van der Waals surface area contributed by atoms with Gasteiger partial charge in [-0.15, -0.1) is 0 Å². The molecule has 15 heteroatoms. The lowest BCUT2D eigenvalue weighted by atomic mass is 9.83. The van der Waals surface area contributed by atoms with E-state index in [2.05, 4.69) is 245 Å². The van der Waals surface area contributed by atoms with Crippen molar-refractivity contribution in [1.29, 1.82) is 0 Å². The summed E-state index contributed by atoms with van der Waals surface area (Å²) in [5.74, 6) is -3.34. The summed E-state index contributed by atoms with van der Waals surface area (Å²) < 4.78 is 123. The van der Waals surface area contributed by atoms with Gasteiger partial charge in [-0.3, -0.25) is 0 Å². The Kier molecular flexibility index (Phi) is 20.8. The van der Waals surface area contributed by atoms with Crippen LogP contribution >= 0.6 is 0 Å². The first kappa shape index (κ1) is 79.8. The Morgan fingerprint density at radius 3 is 0.818 bits per heavy atom. The predicted molar refractivity (Wildman–Crippen MR) is 582 cm³/mol. The molecule has 1 atom stereocenters. The van der Waals surface area contributed by atoms with Gasteiger partial charge in [0.1, 0.15) is 35.2 Å². The van der Waals surface area contributed by atoms with Crippen LogP contribution in [0.5, 0.6) is 0 Å². The fraction of sp³-hybridized carbons (Fsp3) is 0.219. The van der Waals surface area contributed by atoms with E-state index in [-0.39, 0.29) is 0 Å². The van der Waals surface area contributed by atoms with Crippen LogP contribution in [0.25, 0.3) is 220 Å². The number of fused-ring (bicyclic) bond motifs is 25. The molecule has 15 aromatic heterocycles. The normalized spacial score (nSPS) is 15.4. The van der Waals surface area contributed by atoms with Gasteiger partial charge < -0.3 is 22.1 Å². The van der Waals surface area contributed by atoms with Crippen molar-refractivity contribution >= 4 is 164 Å². The molecule has 0 N–H and O–H groups in total. The van der Waals surface area contributed by atoms with Gasteiger partial charge in [0.15, 0.2) is 58.9 Å². The Balaban J connectivity index is 0.000000104. The molecule has 0 radical (unpaired) electrons. The first-order valence-corrected chi connectivity index (χ1v) is 49.4. The summed E-state index contributed by atoms with van der Waals surface area (Å²) in [7, 11) is 9.93. The molecule has 1 unspecified atom stereocenters. The first-order valence-electron chi connectivity index (χ1n) is 54.4. The molecule has 25 aromatic rings. The maximum absolute atomic E-state index is 9.18. The van der Waals surface area contributed by atoms with Crippen molar-refractivity contribution in [1.82, 2.24) is 24.9 Å². The third-order valence-corrected chi connectivity index (χ3v) is 29.8. The SMILES string of the molecule is [2H]C(C)(C)c1ccc(-c2c(C)c3ccccc3c3c2oc2ncccc23)[n+](C)c1.[2H]C([2H])([2H])C([2H])(C)c1ccc(-c2c(C)c3ccccc3c3c2oc2ncccc23)[n+](C)c1.[2H]C([2H])([2H])c1ccc(-c2c(C)c3ccccc3c3c2oc2ncccc23)[n+](C)c1.[2H]C1(c2cc[n+](C)c(-c3c(C)c4ccccc4c4c3oc3ncccc34)c2)CCCC1.[2H]C1(c2cc[n+](C)c(-c3c(C)c4ccccc4c4c3oc3ncccc34)c2)CCCCC1. The summed E-state index contributed by atoms with van der Waals surface area (Å²) in [5.41, 5.74) is 27.2. The highest BCUT2D eigenvalue weighted by molar-refractivity contribution is 6.28. The molecule has 2 aliphatic carbocycles. The van der Waals surface area contributed by atoms with Crippen LogP contribution in [-0.2, 0) is 35.2 Å². The molecule has 0 aliphatic heterocycles. The molecule has 27 rings (SSSR count). The molecule has 143 heavy (non-hydrogen) atoms. The molecule has 2 saturated carbocycles. The largest absolute Gasteiger partial charge is 0.437 e. The van der Waals surface area contributed by atoms with E-state index >= 15 is 0 Å². The predicted octanol–water partition coefficient (Wildman–Crippen LogP) is 30.9. The van der Waals surface area contributed by atoms with Gasteiger partial charge in [0, 0.05) is 158 Å². The number of benzene rings is 10. The number of hydrogen-bond donors (Lipinski definition) is 0. The number of aryl methyl sites for hydroxylation is 11. The van der Waals surface area contributed by atoms with E-state index in [0.29, 0.717) is 39.7 Å². The highest BCUT2D eigenvalue weighted by Crippen LogP contribution is 2.50. The van der Waals surface area contributed by atoms with Crippen LogP contribution in [0.1, 0.15) is 178 Å². The lowest BCUT2D eigenvalue weighted by molar-refractivity contribution is -0.661. The van der Waals surface area contributed by atoms with Gasteiger partial charge in [0.2, 0.25) is 57.0 Å². The lowest BCUT2D eigenvalue weighted by Crippen LogP contribution is -2.31. The van der Waals surface area contributed by atoms with Crippen LogP contribution < -0.4 is 22.8 Å². The van der Waals surface area contributed by atoms with Crippen LogP contribution in [0.15, 0.2) is 327 Å². The van der Waals surface area contributed by atoms with E-state index in [1.807, 2.05) is 135 Å². The second-order valence-electron chi connectivity index (χ2n) is 38.7. The lowest BCUT2D eigenvalue weighted by Gasteiger charge is -2.22. The van der Waals surface area contributed by atoms with Crippen molar-refractivity contribution in [2.24, 2.45) is 35.2 Å². The summed E-state index contributed by atoms with van der Waals surface area (Å²) in [6.45, 7) is 11.3. The van der Waals surface area contributed by atoms with Gasteiger partial charge in [-0.1, -0.05) is 181 Å². The Morgan fingerprint density at radius 2 is 0.545 bits per heavy atom. The number of nitrogens with zero attached hydrogens (tertiary/aromatic N) is 10. The average Bonchev–Trinajstić information content (AvgIpc) is 1.61. The van der Waals surface area contributed by atoms with E-state index in [9.17, 15) is 1.37 Å². The molecular weight excluding hydrogens is 1760 g/mol. The summed E-state index contributed by atoms with van der Waals surface area (Å²) in [4.78, 5) is 22.3. The molecule has 704 valence electrons. The molecule has 0 spiro atoms. The third kappa shape index (κ3) is 15.8. The van der Waals surface area contributed by atoms with E-state index in [0.717, 1.165) is 239 Å². The Hall–Kier alpha value is -16.0. The zero-order valence-electron chi connectivity index (χ0n) is 92.7. The highest BCUT2D eigenvalue weighted by Gasteiger charge is 2.34. The number of aromatic nitrogens is 10. The quantitative estimate of drug-likeness (QED) is 0.128. The van der Waals surface area contributed by atoms with E-state index in [1.54, 1.807) is 55.5 Å². The fourth-order valence-electron chi connectivity index (χ4n) is 22.6. The number of rotatable bonds is 9. The monoisotopic (exact) mass is 1880 g/mol. The number of pyridine rings is 10. The van der Waals surface area contributed by atoms with E-state index < -0.39 is 37.3 Å². The molecule has 10 aromatic carbocycles. The summed E-state index contributed by atoms with van der Waals surface area (Å²) in [6, 6.07) is 82.1. The van der Waals surface area contributed by atoms with Crippen molar-refractivity contribution in [2.75, 3.05) is 0 Å². The second-order valence-corrected chi connectivity index (χ2v) is 38.7. The van der Waals surface area contributed by atoms with Gasteiger partial charge in [0.05, 0.1) is 27.8 Å². The number of furan rings is 5. The van der Waals surface area contributed by atoms with Crippen molar-refractivity contribution in [3.05, 3.63) is 360 Å². The topological polar surface area (TPSA) is 150 Å². The van der Waals surface area contributed by atoms with Crippen molar-refractivity contribution in [2.45, 2.75) is 150 Å². The van der Waals surface area contributed by atoms with Crippen LogP contribution in [-0.4, -0.2) is 24.9 Å². The van der Waals surface area contributed by atoms with Crippen molar-refractivity contribution in [3.63, 3.8) is 0 Å². The first-order chi connectivity index (χ1) is 73.5. The standard InChI is InChI=1S/C28H27N2O.C27H25N2O.2C25H23N2O.C23H19N2O/c1-18-21-11-6-7-12-22(21)26-23-13-8-15-29-28(23)31-27(26)25(18)24-17-20(14-16-30(24)2)19-9-4-3-5-10-19;1-17-20-10-5-6-11-21(20)25-22-12-7-14-28-27(22)30-26(25)24(17)23-16-19(13-15-29(23)2)18-8-3-4-9-18;2*1-15(2)17-11-12-21(27(4)14-17)22-16(3)18-8-5-6-9-19(18)23-20-10-7-13-26-25(20)28-24(22)23;1-14-10-11-19(25(3)13-14)20-15(2)16-7-4-5-8-17(16)21-18-9-6-12-24-23(18)26-22(20)21/h6-8,11-17,19H,3-5,9-10H2,1-2H3;5-7,10-16,18H,3-4,8-9H2,1-2H3;2*5-15H,1-4H3;4-13H,1-3H3/q5*+1/i19D;18D;1D3,15D;15D;1D3. The van der Waals surface area contributed by atoms with Gasteiger partial charge in [0.25, 0.3) is 0 Å². The average molecular weight is 1890 g/mol. The third-order valence-electron chi connectivity index (χ3n) is 29.8. The smallest absolute Gasteiger partial charge is 0.227 e. The molecule has 0 amide bonds. The zero-order valence-corrected chi connectivity index (χ0v) is 82.7. The van der Waals surface area contributed by atoms with E-state index in [1.165, 1.54) is 62.4 Å². The van der Waals surface area contributed by atoms with Gasteiger partial charge >= 0.3 is 0 Å². The molecule has 0 bridgehead atoms. The maximum Gasteiger partial charge on any atom is 0.227 e. The summed E-state index contributed by atoms with van der Waals surface area (Å²) in [6.07, 6.45) is 27.9. The number of hydrogen-bond acceptors (Lipinski definition) is 10.